The van der Waals surface area contributed by atoms with E-state index < -0.39 is 5.60 Å². The number of hydrogen-bond acceptors (Lipinski definition) is 6. The zero-order valence-corrected chi connectivity index (χ0v) is 23.2. The molecular weight excluding hydrogens is 490 g/mol. The number of piperazine rings is 1. The minimum atomic E-state index is -0.505. The van der Waals surface area contributed by atoms with E-state index in [1.165, 1.54) is 0 Å². The summed E-state index contributed by atoms with van der Waals surface area (Å²) in [5, 5.41) is 9.12. The van der Waals surface area contributed by atoms with Gasteiger partial charge < -0.3 is 14.5 Å². The van der Waals surface area contributed by atoms with E-state index in [1.807, 2.05) is 64.1 Å². The molecule has 0 spiro atoms. The van der Waals surface area contributed by atoms with E-state index in [4.69, 9.17) is 10.00 Å². The molecular formula is C31H35N5O3. The topological polar surface area (TPSA) is 89.8 Å². The second-order valence-corrected chi connectivity index (χ2v) is 10.9. The average molecular weight is 526 g/mol. The Morgan fingerprint density at radius 2 is 1.85 bits per heavy atom. The zero-order valence-electron chi connectivity index (χ0n) is 23.2. The van der Waals surface area contributed by atoms with Crippen LogP contribution in [0.15, 0.2) is 66.9 Å². The summed E-state index contributed by atoms with van der Waals surface area (Å²) >= 11 is 0. The summed E-state index contributed by atoms with van der Waals surface area (Å²) in [6.45, 7) is 10.6. The van der Waals surface area contributed by atoms with Crippen molar-refractivity contribution >= 4 is 17.7 Å². The highest BCUT2D eigenvalue weighted by molar-refractivity contribution is 6.05. The summed E-state index contributed by atoms with van der Waals surface area (Å²) in [7, 11) is 1.75. The van der Waals surface area contributed by atoms with Crippen molar-refractivity contribution in [2.45, 2.75) is 45.9 Å². The van der Waals surface area contributed by atoms with Gasteiger partial charge >= 0.3 is 6.09 Å². The molecule has 4 rings (SSSR count). The third-order valence-electron chi connectivity index (χ3n) is 6.67. The Labute approximate surface area is 230 Å². The van der Waals surface area contributed by atoms with Gasteiger partial charge in [-0.1, -0.05) is 24.3 Å². The first kappa shape index (κ1) is 27.8. The third kappa shape index (κ3) is 7.01. The van der Waals surface area contributed by atoms with Gasteiger partial charge in [0.25, 0.3) is 5.91 Å². The Morgan fingerprint density at radius 1 is 1.10 bits per heavy atom. The van der Waals surface area contributed by atoms with Crippen molar-refractivity contribution in [3.63, 3.8) is 0 Å². The maximum absolute atomic E-state index is 13.1. The molecule has 0 bridgehead atoms. The quantitative estimate of drug-likeness (QED) is 0.447. The van der Waals surface area contributed by atoms with Gasteiger partial charge in [-0.2, -0.15) is 5.26 Å². The maximum atomic E-state index is 13.1. The minimum absolute atomic E-state index is 0.0620. The van der Waals surface area contributed by atoms with Gasteiger partial charge in [0.05, 0.1) is 22.9 Å². The molecule has 2 heterocycles. The van der Waals surface area contributed by atoms with Crippen molar-refractivity contribution in [3.8, 4) is 17.3 Å². The van der Waals surface area contributed by atoms with E-state index in [0.717, 1.165) is 36.4 Å². The van der Waals surface area contributed by atoms with E-state index in [1.54, 1.807) is 47.3 Å². The smallest absolute Gasteiger partial charge is 0.410 e. The second-order valence-electron chi connectivity index (χ2n) is 10.9. The number of amides is 2. The van der Waals surface area contributed by atoms with Gasteiger partial charge in [-0.05, 0) is 69.7 Å². The molecule has 39 heavy (non-hydrogen) atoms. The van der Waals surface area contributed by atoms with Crippen LogP contribution < -0.4 is 4.90 Å². The predicted octanol–water partition coefficient (Wildman–Crippen LogP) is 5.34. The summed E-state index contributed by atoms with van der Waals surface area (Å²) < 4.78 is 5.54. The molecule has 1 aliphatic rings. The molecule has 0 N–H and O–H groups in total. The first-order valence-electron chi connectivity index (χ1n) is 13.1. The third-order valence-corrected chi connectivity index (χ3v) is 6.67. The minimum Gasteiger partial charge on any atom is -0.444 e. The summed E-state index contributed by atoms with van der Waals surface area (Å²) in [4.78, 5) is 35.8. The maximum Gasteiger partial charge on any atom is 0.410 e. The number of hydrogen-bond donors (Lipinski definition) is 0. The molecule has 2 amide bonds. The Balaban J connectivity index is 1.34. The number of aromatic nitrogens is 1. The highest BCUT2D eigenvalue weighted by Crippen LogP contribution is 2.22. The average Bonchev–Trinajstić information content (AvgIpc) is 2.92. The number of nitriles is 1. The van der Waals surface area contributed by atoms with Gasteiger partial charge in [-0.3, -0.25) is 14.7 Å². The van der Waals surface area contributed by atoms with Gasteiger partial charge in [0.1, 0.15) is 5.60 Å². The lowest BCUT2D eigenvalue weighted by Crippen LogP contribution is -2.54. The van der Waals surface area contributed by atoms with Crippen LogP contribution in [0.25, 0.3) is 11.3 Å². The van der Waals surface area contributed by atoms with E-state index in [-0.39, 0.29) is 18.0 Å². The predicted molar refractivity (Wildman–Crippen MR) is 151 cm³/mol. The number of rotatable bonds is 5. The van der Waals surface area contributed by atoms with E-state index >= 15 is 0 Å². The number of nitrogens with zero attached hydrogens (tertiary/aromatic N) is 5. The molecule has 1 aliphatic heterocycles. The highest BCUT2D eigenvalue weighted by atomic mass is 16.6. The molecule has 202 valence electrons. The summed E-state index contributed by atoms with van der Waals surface area (Å²) in [6, 6.07) is 20.9. The van der Waals surface area contributed by atoms with Crippen LogP contribution in [-0.2, 0) is 11.3 Å². The molecule has 8 nitrogen and oxygen atoms in total. The Morgan fingerprint density at radius 3 is 2.46 bits per heavy atom. The van der Waals surface area contributed by atoms with Gasteiger partial charge in [-0.25, -0.2) is 4.79 Å². The normalized spacial score (nSPS) is 15.9. The zero-order chi connectivity index (χ0) is 28.2. The second kappa shape index (κ2) is 11.7. The lowest BCUT2D eigenvalue weighted by molar-refractivity contribution is 0.000551. The Kier molecular flexibility index (Phi) is 8.32. The standard InChI is InChI=1S/C31H35N5O3/c1-22-20-35(15-16-36(22)30(38)39-31(2,3)4)21-23-9-12-27(13-10-23)34(5)29(37)26-11-14-28(33-19-26)25-8-6-7-24(17-25)18-32/h6-14,17,19,22H,15-16,20-21H2,1-5H3/t22-/m0/s1. The van der Waals surface area contributed by atoms with Crippen LogP contribution in [0.4, 0.5) is 10.5 Å². The number of ether oxygens (including phenoxy) is 1. The summed E-state index contributed by atoms with van der Waals surface area (Å²) in [6.07, 6.45) is 1.31. The fraction of sp³-hybridized carbons (Fsp3) is 0.355. The SMILES string of the molecule is C[C@H]1CN(Cc2ccc(N(C)C(=O)c3ccc(-c4cccc(C#N)c4)nc3)cc2)CCN1C(=O)OC(C)(C)C. The summed E-state index contributed by atoms with van der Waals surface area (Å²) in [5.74, 6) is -0.153. The van der Waals surface area contributed by atoms with Crippen LogP contribution in [0.3, 0.4) is 0 Å². The van der Waals surface area contributed by atoms with Crippen molar-refractivity contribution in [1.29, 1.82) is 5.26 Å². The van der Waals surface area contributed by atoms with Gasteiger partial charge in [0, 0.05) is 56.7 Å². The number of pyridine rings is 1. The molecule has 1 saturated heterocycles. The molecule has 1 fully saturated rings. The van der Waals surface area contributed by atoms with Crippen molar-refractivity contribution in [2.75, 3.05) is 31.6 Å². The highest BCUT2D eigenvalue weighted by Gasteiger charge is 2.30. The van der Waals surface area contributed by atoms with Gasteiger partial charge in [0.15, 0.2) is 0 Å². The van der Waals surface area contributed by atoms with Crippen LogP contribution in [-0.4, -0.2) is 65.1 Å². The molecule has 3 aromatic rings. The van der Waals surface area contributed by atoms with Crippen molar-refractivity contribution < 1.29 is 14.3 Å². The van der Waals surface area contributed by atoms with E-state index in [2.05, 4.69) is 16.0 Å². The first-order valence-corrected chi connectivity index (χ1v) is 13.1. The fourth-order valence-corrected chi connectivity index (χ4v) is 4.60. The molecule has 8 heteroatoms. The number of benzene rings is 2. The van der Waals surface area contributed by atoms with Crippen LogP contribution in [0.5, 0.6) is 0 Å². The number of anilines is 1. The number of carbonyl (C=O) groups excluding carboxylic acids is 2. The van der Waals surface area contributed by atoms with Gasteiger partial charge in [-0.15, -0.1) is 0 Å². The van der Waals surface area contributed by atoms with Crippen LogP contribution in [0.2, 0.25) is 0 Å². The molecule has 1 aromatic heterocycles. The Hall–Kier alpha value is -4.22. The van der Waals surface area contributed by atoms with Crippen molar-refractivity contribution in [3.05, 3.63) is 83.6 Å². The lowest BCUT2D eigenvalue weighted by atomic mass is 10.1. The number of carbonyl (C=O) groups is 2. The monoisotopic (exact) mass is 525 g/mol. The van der Waals surface area contributed by atoms with Crippen LogP contribution in [0, 0.1) is 11.3 Å². The molecule has 0 aliphatic carbocycles. The first-order chi connectivity index (χ1) is 18.5. The molecule has 0 radical (unpaired) electrons. The Bertz CT molecular complexity index is 1360. The van der Waals surface area contributed by atoms with E-state index in [9.17, 15) is 9.59 Å². The van der Waals surface area contributed by atoms with Gasteiger partial charge in [0.2, 0.25) is 0 Å². The molecule has 1 atom stereocenters. The van der Waals surface area contributed by atoms with Crippen molar-refractivity contribution in [2.24, 2.45) is 0 Å². The summed E-state index contributed by atoms with van der Waals surface area (Å²) in [5.41, 5.74) is 4.01. The van der Waals surface area contributed by atoms with Crippen molar-refractivity contribution in [1.82, 2.24) is 14.8 Å². The molecule has 2 aromatic carbocycles. The largest absolute Gasteiger partial charge is 0.444 e. The molecule has 0 unspecified atom stereocenters. The van der Waals surface area contributed by atoms with Crippen LogP contribution >= 0.6 is 0 Å². The molecule has 0 saturated carbocycles. The lowest BCUT2D eigenvalue weighted by Gasteiger charge is -2.40. The fourth-order valence-electron chi connectivity index (χ4n) is 4.60. The van der Waals surface area contributed by atoms with E-state index in [0.29, 0.717) is 23.4 Å². The van der Waals surface area contributed by atoms with Crippen LogP contribution in [0.1, 0.15) is 49.2 Å².